The van der Waals surface area contributed by atoms with Crippen LogP contribution < -0.4 is 10.1 Å². The number of terminal acetylenes is 1. The van der Waals surface area contributed by atoms with Gasteiger partial charge in [0.15, 0.2) is 0 Å². The van der Waals surface area contributed by atoms with E-state index in [1.165, 1.54) is 14.0 Å². The zero-order valence-corrected chi connectivity index (χ0v) is 20.2. The molecule has 36 heavy (non-hydrogen) atoms. The number of carboxylic acid groups (broad SMARTS) is 1. The van der Waals surface area contributed by atoms with E-state index in [1.807, 2.05) is 35.7 Å². The van der Waals surface area contributed by atoms with Crippen LogP contribution in [0.4, 0.5) is 10.6 Å². The van der Waals surface area contributed by atoms with E-state index >= 15 is 0 Å². The van der Waals surface area contributed by atoms with Gasteiger partial charge in [-0.1, -0.05) is 0 Å². The molecule has 0 fully saturated rings. The second-order valence-electron chi connectivity index (χ2n) is 8.10. The van der Waals surface area contributed by atoms with E-state index in [-0.39, 0.29) is 11.5 Å². The van der Waals surface area contributed by atoms with Crippen LogP contribution in [0, 0.1) is 19.3 Å². The van der Waals surface area contributed by atoms with Gasteiger partial charge in [-0.3, -0.25) is 14.1 Å². The SMILES string of the molecule is C#Cc1nc(NC(=O)C(C)N(C)C(=O)O)ccc1-c1c(-c2cccnc2OC)nc2cc(C)ccn12. The molecule has 4 rings (SSSR count). The fourth-order valence-corrected chi connectivity index (χ4v) is 3.73. The smallest absolute Gasteiger partial charge is 0.407 e. The first-order valence-electron chi connectivity index (χ1n) is 11.0. The minimum absolute atomic E-state index is 0.201. The number of carbonyl (C=O) groups is 2. The predicted molar refractivity (Wildman–Crippen MR) is 135 cm³/mol. The van der Waals surface area contributed by atoms with Crippen LogP contribution in [0.25, 0.3) is 28.2 Å². The molecule has 0 aliphatic heterocycles. The highest BCUT2D eigenvalue weighted by Gasteiger charge is 2.24. The number of hydrogen-bond donors (Lipinski definition) is 2. The number of methoxy groups -OCH3 is 1. The van der Waals surface area contributed by atoms with Crippen LogP contribution in [-0.4, -0.2) is 61.6 Å². The zero-order valence-electron chi connectivity index (χ0n) is 20.2. The molecular weight excluding hydrogens is 460 g/mol. The summed E-state index contributed by atoms with van der Waals surface area (Å²) in [6.07, 6.45) is 8.16. The molecule has 0 spiro atoms. The molecular formula is C26H24N6O4. The summed E-state index contributed by atoms with van der Waals surface area (Å²) in [5, 5.41) is 11.8. The van der Waals surface area contributed by atoms with Crippen molar-refractivity contribution in [2.45, 2.75) is 19.9 Å². The lowest BCUT2D eigenvalue weighted by Crippen LogP contribution is -2.42. The Kier molecular flexibility index (Phi) is 6.56. The Morgan fingerprint density at radius 3 is 2.69 bits per heavy atom. The average molecular weight is 485 g/mol. The Labute approximate surface area is 207 Å². The summed E-state index contributed by atoms with van der Waals surface area (Å²) < 4.78 is 7.39. The first-order valence-corrected chi connectivity index (χ1v) is 11.0. The highest BCUT2D eigenvalue weighted by molar-refractivity contribution is 5.96. The maximum absolute atomic E-state index is 12.5. The van der Waals surface area contributed by atoms with Gasteiger partial charge in [-0.2, -0.15) is 0 Å². The first-order chi connectivity index (χ1) is 17.2. The molecule has 10 heteroatoms. The third kappa shape index (κ3) is 4.42. The molecule has 0 aliphatic rings. The Morgan fingerprint density at radius 2 is 2.00 bits per heavy atom. The lowest BCUT2D eigenvalue weighted by molar-refractivity contribution is -0.119. The molecule has 4 heterocycles. The van der Waals surface area contributed by atoms with Gasteiger partial charge in [0, 0.05) is 25.0 Å². The number of aryl methyl sites for hydroxylation is 1. The largest absolute Gasteiger partial charge is 0.481 e. The Balaban J connectivity index is 1.84. The third-order valence-electron chi connectivity index (χ3n) is 5.80. The van der Waals surface area contributed by atoms with E-state index < -0.39 is 18.0 Å². The van der Waals surface area contributed by atoms with E-state index in [2.05, 4.69) is 21.2 Å². The van der Waals surface area contributed by atoms with Crippen LogP contribution in [0.15, 0.2) is 48.8 Å². The zero-order chi connectivity index (χ0) is 26.0. The van der Waals surface area contributed by atoms with E-state index in [0.717, 1.165) is 10.5 Å². The molecule has 182 valence electrons. The maximum atomic E-state index is 12.5. The fourth-order valence-electron chi connectivity index (χ4n) is 3.73. The lowest BCUT2D eigenvalue weighted by Gasteiger charge is -2.20. The summed E-state index contributed by atoms with van der Waals surface area (Å²) in [5.41, 5.74) is 4.62. The number of ether oxygens (including phenoxy) is 1. The van der Waals surface area contributed by atoms with Crippen molar-refractivity contribution in [3.63, 3.8) is 0 Å². The summed E-state index contributed by atoms with van der Waals surface area (Å²) in [6, 6.07) is 10.0. The molecule has 0 aliphatic carbocycles. The number of fused-ring (bicyclic) bond motifs is 1. The van der Waals surface area contributed by atoms with Crippen LogP contribution in [0.1, 0.15) is 18.2 Å². The van der Waals surface area contributed by atoms with Crippen molar-refractivity contribution in [1.29, 1.82) is 0 Å². The van der Waals surface area contributed by atoms with Gasteiger partial charge in [0.05, 0.1) is 18.4 Å². The van der Waals surface area contributed by atoms with Crippen LogP contribution in [0.5, 0.6) is 5.88 Å². The lowest BCUT2D eigenvalue weighted by atomic mass is 10.0. The number of nitrogens with zero attached hydrogens (tertiary/aromatic N) is 5. The summed E-state index contributed by atoms with van der Waals surface area (Å²) in [4.78, 5) is 38.2. The van der Waals surface area contributed by atoms with Crippen molar-refractivity contribution in [2.24, 2.45) is 0 Å². The molecule has 2 amide bonds. The average Bonchev–Trinajstić information content (AvgIpc) is 3.25. The number of aromatic nitrogens is 4. The van der Waals surface area contributed by atoms with Gasteiger partial charge in [0.1, 0.15) is 28.9 Å². The molecule has 10 nitrogen and oxygen atoms in total. The minimum atomic E-state index is -1.22. The van der Waals surface area contributed by atoms with E-state index in [1.54, 1.807) is 31.5 Å². The maximum Gasteiger partial charge on any atom is 0.407 e. The molecule has 0 bridgehead atoms. The van der Waals surface area contributed by atoms with Gasteiger partial charge < -0.3 is 15.2 Å². The molecule has 4 aromatic rings. The number of amides is 2. The number of hydrogen-bond acceptors (Lipinski definition) is 6. The van der Waals surface area contributed by atoms with Crippen molar-refractivity contribution in [2.75, 3.05) is 19.5 Å². The third-order valence-corrected chi connectivity index (χ3v) is 5.80. The van der Waals surface area contributed by atoms with Gasteiger partial charge in [0.25, 0.3) is 0 Å². The van der Waals surface area contributed by atoms with Crippen molar-refractivity contribution in [1.82, 2.24) is 24.3 Å². The fraction of sp³-hybridized carbons (Fsp3) is 0.192. The van der Waals surface area contributed by atoms with Crippen molar-refractivity contribution >= 4 is 23.5 Å². The van der Waals surface area contributed by atoms with Crippen LogP contribution >= 0.6 is 0 Å². The molecule has 1 unspecified atom stereocenters. The summed E-state index contributed by atoms with van der Waals surface area (Å²) in [6.45, 7) is 3.46. The summed E-state index contributed by atoms with van der Waals surface area (Å²) >= 11 is 0. The Hall–Kier alpha value is -4.91. The standard InChI is InChI=1S/C26H24N6O4/c1-6-19-17(9-10-20(28-19)29-24(33)16(3)31(4)26(34)35)23-22(18-8-7-12-27-25(18)36-5)30-21-14-15(2)11-13-32(21)23/h1,7-14,16H,2-5H3,(H,34,35)(H,28,29,33). The van der Waals surface area contributed by atoms with Crippen molar-refractivity contribution in [3.8, 4) is 40.7 Å². The topological polar surface area (TPSA) is 122 Å². The van der Waals surface area contributed by atoms with Gasteiger partial charge in [-0.05, 0) is 61.7 Å². The Morgan fingerprint density at radius 1 is 1.22 bits per heavy atom. The molecule has 4 aromatic heterocycles. The number of nitrogens with one attached hydrogen (secondary N) is 1. The normalized spacial score (nSPS) is 11.5. The predicted octanol–water partition coefficient (Wildman–Crippen LogP) is 3.69. The number of pyridine rings is 3. The molecule has 0 saturated carbocycles. The quantitative estimate of drug-likeness (QED) is 0.400. The highest BCUT2D eigenvalue weighted by atomic mass is 16.5. The minimum Gasteiger partial charge on any atom is -0.481 e. The molecule has 1 atom stereocenters. The number of imidazole rings is 1. The monoisotopic (exact) mass is 484 g/mol. The second kappa shape index (κ2) is 9.76. The van der Waals surface area contributed by atoms with Gasteiger partial charge in [-0.25, -0.2) is 19.7 Å². The van der Waals surface area contributed by atoms with Crippen molar-refractivity contribution < 1.29 is 19.4 Å². The molecule has 0 radical (unpaired) electrons. The van der Waals surface area contributed by atoms with Gasteiger partial charge in [-0.15, -0.1) is 6.42 Å². The number of anilines is 1. The number of rotatable bonds is 6. The Bertz CT molecular complexity index is 1520. The number of likely N-dealkylation sites (N-methyl/N-ethyl adjacent to an activating group) is 1. The molecule has 0 saturated heterocycles. The highest BCUT2D eigenvalue weighted by Crippen LogP contribution is 2.37. The second-order valence-corrected chi connectivity index (χ2v) is 8.10. The summed E-state index contributed by atoms with van der Waals surface area (Å²) in [7, 11) is 2.86. The van der Waals surface area contributed by atoms with Crippen molar-refractivity contribution in [3.05, 3.63) is 60.0 Å². The molecule has 2 N–H and O–H groups in total. The van der Waals surface area contributed by atoms with Crippen LogP contribution in [0.3, 0.4) is 0 Å². The number of carbonyl (C=O) groups excluding carboxylic acids is 1. The first kappa shape index (κ1) is 24.2. The van der Waals surface area contributed by atoms with Gasteiger partial charge in [0.2, 0.25) is 11.8 Å². The van der Waals surface area contributed by atoms with E-state index in [0.29, 0.717) is 34.0 Å². The van der Waals surface area contributed by atoms with E-state index in [9.17, 15) is 9.59 Å². The molecule has 0 aromatic carbocycles. The van der Waals surface area contributed by atoms with Gasteiger partial charge >= 0.3 is 6.09 Å². The summed E-state index contributed by atoms with van der Waals surface area (Å²) in [5.74, 6) is 2.68. The van der Waals surface area contributed by atoms with Crippen LogP contribution in [-0.2, 0) is 4.79 Å². The van der Waals surface area contributed by atoms with Crippen LogP contribution in [0.2, 0.25) is 0 Å². The van der Waals surface area contributed by atoms with E-state index in [4.69, 9.17) is 21.3 Å².